The van der Waals surface area contributed by atoms with Crippen LogP contribution in [0, 0.1) is 20.8 Å². The molecule has 0 aliphatic heterocycles. The third-order valence-corrected chi connectivity index (χ3v) is 3.68. The first kappa shape index (κ1) is 14.1. The molecule has 2 rings (SSSR count). The zero-order chi connectivity index (χ0) is 14.0. The normalized spacial score (nSPS) is 10.6. The van der Waals surface area contributed by atoms with Crippen molar-refractivity contribution >= 4 is 15.9 Å². The highest BCUT2D eigenvalue weighted by atomic mass is 79.9. The molecule has 19 heavy (non-hydrogen) atoms. The molecule has 0 unspecified atom stereocenters. The molecular formula is C16H17BrO2. The van der Waals surface area contributed by atoms with Crippen molar-refractivity contribution in [2.75, 3.05) is 0 Å². The molecule has 0 aromatic heterocycles. The molecule has 2 aromatic rings. The molecule has 0 fully saturated rings. The van der Waals surface area contributed by atoms with E-state index >= 15 is 0 Å². The van der Waals surface area contributed by atoms with Gasteiger partial charge in [0, 0.05) is 10.0 Å². The summed E-state index contributed by atoms with van der Waals surface area (Å²) in [6.45, 7) is 6.13. The monoisotopic (exact) mass is 320 g/mol. The number of hydrogen-bond donors (Lipinski definition) is 1. The van der Waals surface area contributed by atoms with E-state index in [9.17, 15) is 5.11 Å². The van der Waals surface area contributed by atoms with Crippen molar-refractivity contribution in [2.24, 2.45) is 0 Å². The highest BCUT2D eigenvalue weighted by Crippen LogP contribution is 2.32. The van der Waals surface area contributed by atoms with Gasteiger partial charge in [-0.2, -0.15) is 0 Å². The van der Waals surface area contributed by atoms with E-state index in [4.69, 9.17) is 4.74 Å². The number of rotatable bonds is 3. The van der Waals surface area contributed by atoms with E-state index in [0.717, 1.165) is 21.3 Å². The Balaban J connectivity index is 2.44. The summed E-state index contributed by atoms with van der Waals surface area (Å²) in [5.74, 6) is 1.52. The first-order valence-corrected chi connectivity index (χ1v) is 6.95. The number of benzene rings is 2. The van der Waals surface area contributed by atoms with Crippen LogP contribution in [-0.2, 0) is 6.61 Å². The molecule has 100 valence electrons. The smallest absolute Gasteiger partial charge is 0.134 e. The van der Waals surface area contributed by atoms with E-state index in [1.54, 1.807) is 0 Å². The number of ether oxygens (including phenoxy) is 1. The van der Waals surface area contributed by atoms with Crippen molar-refractivity contribution in [3.63, 3.8) is 0 Å². The molecule has 0 saturated carbocycles. The Morgan fingerprint density at radius 3 is 2.47 bits per heavy atom. The number of halogens is 1. The van der Waals surface area contributed by atoms with Gasteiger partial charge in [0.15, 0.2) is 0 Å². The van der Waals surface area contributed by atoms with Crippen LogP contribution < -0.4 is 4.74 Å². The van der Waals surface area contributed by atoms with Crippen LogP contribution in [0.15, 0.2) is 34.8 Å². The van der Waals surface area contributed by atoms with Gasteiger partial charge < -0.3 is 9.84 Å². The average molecular weight is 321 g/mol. The SMILES string of the molecule is Cc1cc(C)c(C)c(Oc2cc(Br)ccc2CO)c1. The molecule has 0 spiro atoms. The molecule has 0 amide bonds. The van der Waals surface area contributed by atoms with Gasteiger partial charge in [-0.05, 0) is 55.7 Å². The van der Waals surface area contributed by atoms with Crippen LogP contribution in [0.25, 0.3) is 0 Å². The molecule has 2 aromatic carbocycles. The average Bonchev–Trinajstić information content (AvgIpc) is 2.35. The van der Waals surface area contributed by atoms with E-state index in [-0.39, 0.29) is 6.61 Å². The minimum atomic E-state index is -0.0353. The molecule has 1 N–H and O–H groups in total. The van der Waals surface area contributed by atoms with E-state index in [1.165, 1.54) is 11.1 Å². The summed E-state index contributed by atoms with van der Waals surface area (Å²) in [5, 5.41) is 9.37. The Morgan fingerprint density at radius 1 is 1.05 bits per heavy atom. The van der Waals surface area contributed by atoms with Crippen molar-refractivity contribution in [3.05, 3.63) is 57.1 Å². The van der Waals surface area contributed by atoms with E-state index in [2.05, 4.69) is 28.9 Å². The molecule has 2 nitrogen and oxygen atoms in total. The van der Waals surface area contributed by atoms with E-state index < -0.39 is 0 Å². The zero-order valence-electron chi connectivity index (χ0n) is 11.3. The minimum absolute atomic E-state index is 0.0353. The molecule has 0 heterocycles. The Bertz CT molecular complexity index is 606. The van der Waals surface area contributed by atoms with E-state index in [0.29, 0.717) is 5.75 Å². The van der Waals surface area contributed by atoms with Crippen LogP contribution >= 0.6 is 15.9 Å². The molecule has 0 radical (unpaired) electrons. The topological polar surface area (TPSA) is 29.5 Å². The Labute approximate surface area is 122 Å². The first-order valence-electron chi connectivity index (χ1n) is 6.16. The second kappa shape index (κ2) is 5.76. The molecule has 0 aliphatic carbocycles. The van der Waals surface area contributed by atoms with E-state index in [1.807, 2.05) is 38.1 Å². The molecule has 0 aliphatic rings. The van der Waals surface area contributed by atoms with Crippen LogP contribution in [0.4, 0.5) is 0 Å². The molecule has 3 heteroatoms. The van der Waals surface area contributed by atoms with Gasteiger partial charge in [-0.15, -0.1) is 0 Å². The van der Waals surface area contributed by atoms with Crippen LogP contribution in [0.3, 0.4) is 0 Å². The highest BCUT2D eigenvalue weighted by molar-refractivity contribution is 9.10. The van der Waals surface area contributed by atoms with Crippen LogP contribution in [0.2, 0.25) is 0 Å². The summed E-state index contributed by atoms with van der Waals surface area (Å²) in [6, 6.07) is 9.78. The third kappa shape index (κ3) is 3.17. The standard InChI is InChI=1S/C16H17BrO2/c1-10-6-11(2)12(3)15(7-10)19-16-8-14(17)5-4-13(16)9-18/h4-8,18H,9H2,1-3H3. The van der Waals surface area contributed by atoms with Gasteiger partial charge in [-0.25, -0.2) is 0 Å². The summed E-state index contributed by atoms with van der Waals surface area (Å²) in [6.07, 6.45) is 0. The highest BCUT2D eigenvalue weighted by Gasteiger charge is 2.09. The Morgan fingerprint density at radius 2 is 1.79 bits per heavy atom. The predicted octanol–water partition coefficient (Wildman–Crippen LogP) is 4.66. The summed E-state index contributed by atoms with van der Waals surface area (Å²) in [5.41, 5.74) is 4.27. The van der Waals surface area contributed by atoms with Crippen LogP contribution in [0.5, 0.6) is 11.5 Å². The number of aliphatic hydroxyl groups excluding tert-OH is 1. The quantitative estimate of drug-likeness (QED) is 0.891. The van der Waals surface area contributed by atoms with Crippen molar-refractivity contribution < 1.29 is 9.84 Å². The lowest BCUT2D eigenvalue weighted by atomic mass is 10.1. The van der Waals surface area contributed by atoms with Crippen LogP contribution in [-0.4, -0.2) is 5.11 Å². The molecule has 0 bridgehead atoms. The molecular weight excluding hydrogens is 304 g/mol. The minimum Gasteiger partial charge on any atom is -0.457 e. The van der Waals surface area contributed by atoms with Crippen molar-refractivity contribution in [2.45, 2.75) is 27.4 Å². The molecule has 0 atom stereocenters. The van der Waals surface area contributed by atoms with Crippen LogP contribution in [0.1, 0.15) is 22.3 Å². The maximum absolute atomic E-state index is 9.37. The van der Waals surface area contributed by atoms with Gasteiger partial charge >= 0.3 is 0 Å². The third-order valence-electron chi connectivity index (χ3n) is 3.18. The maximum atomic E-state index is 9.37. The van der Waals surface area contributed by atoms with Gasteiger partial charge in [-0.1, -0.05) is 28.1 Å². The second-order valence-corrected chi connectivity index (χ2v) is 5.63. The lowest BCUT2D eigenvalue weighted by Crippen LogP contribution is -1.95. The maximum Gasteiger partial charge on any atom is 0.134 e. The number of aliphatic hydroxyl groups is 1. The second-order valence-electron chi connectivity index (χ2n) is 4.72. The van der Waals surface area contributed by atoms with Crippen molar-refractivity contribution in [1.29, 1.82) is 0 Å². The van der Waals surface area contributed by atoms with Gasteiger partial charge in [-0.3, -0.25) is 0 Å². The lowest BCUT2D eigenvalue weighted by Gasteiger charge is -2.14. The summed E-state index contributed by atoms with van der Waals surface area (Å²) in [7, 11) is 0. The van der Waals surface area contributed by atoms with Crippen molar-refractivity contribution in [3.8, 4) is 11.5 Å². The fourth-order valence-corrected chi connectivity index (χ4v) is 2.32. The summed E-state index contributed by atoms with van der Waals surface area (Å²) >= 11 is 3.42. The van der Waals surface area contributed by atoms with Gasteiger partial charge in [0.05, 0.1) is 6.61 Å². The van der Waals surface area contributed by atoms with Gasteiger partial charge in [0.25, 0.3) is 0 Å². The van der Waals surface area contributed by atoms with Crippen molar-refractivity contribution in [1.82, 2.24) is 0 Å². The lowest BCUT2D eigenvalue weighted by molar-refractivity contribution is 0.276. The fourth-order valence-electron chi connectivity index (χ4n) is 1.98. The zero-order valence-corrected chi connectivity index (χ0v) is 12.9. The number of aryl methyl sites for hydroxylation is 2. The first-order chi connectivity index (χ1) is 9.01. The summed E-state index contributed by atoms with van der Waals surface area (Å²) in [4.78, 5) is 0. The number of hydrogen-bond acceptors (Lipinski definition) is 2. The summed E-state index contributed by atoms with van der Waals surface area (Å²) < 4.78 is 6.92. The Kier molecular flexibility index (Phi) is 4.27. The fraction of sp³-hybridized carbons (Fsp3) is 0.250. The largest absolute Gasteiger partial charge is 0.457 e. The predicted molar refractivity (Wildman–Crippen MR) is 80.8 cm³/mol. The van der Waals surface area contributed by atoms with Gasteiger partial charge in [0.2, 0.25) is 0 Å². The molecule has 0 saturated heterocycles. The Hall–Kier alpha value is -1.32. The van der Waals surface area contributed by atoms with Gasteiger partial charge in [0.1, 0.15) is 11.5 Å².